The number of ether oxygens (including phenoxy) is 2. The normalized spacial score (nSPS) is 14.2. The molecule has 0 spiro atoms. The van der Waals surface area contributed by atoms with Crippen LogP contribution in [0.5, 0.6) is 11.5 Å². The molecule has 9 nitrogen and oxygen atoms in total. The fraction of sp³-hybridized carbons (Fsp3) is 0.231. The molecule has 2 heterocycles. The van der Waals surface area contributed by atoms with Gasteiger partial charge in [0.15, 0.2) is 12.7 Å². The van der Waals surface area contributed by atoms with Gasteiger partial charge in [-0.05, 0) is 48.9 Å². The largest absolute Gasteiger partial charge is 0.484 e. The fourth-order valence-corrected chi connectivity index (χ4v) is 3.93. The van der Waals surface area contributed by atoms with Crippen molar-refractivity contribution >= 4 is 46.6 Å². The number of halogens is 3. The first-order valence-electron chi connectivity index (χ1n) is 11.6. The summed E-state index contributed by atoms with van der Waals surface area (Å²) in [6, 6.07) is 11.9. The topological polar surface area (TPSA) is 110 Å². The van der Waals surface area contributed by atoms with Gasteiger partial charge >= 0.3 is 0 Å². The Morgan fingerprint density at radius 3 is 2.58 bits per heavy atom. The highest BCUT2D eigenvalue weighted by molar-refractivity contribution is 6.31. The van der Waals surface area contributed by atoms with Crippen LogP contribution in [0.25, 0.3) is 0 Å². The minimum absolute atomic E-state index is 0.0142. The molecule has 12 heteroatoms. The summed E-state index contributed by atoms with van der Waals surface area (Å²) < 4.78 is 24.5. The van der Waals surface area contributed by atoms with E-state index in [0.29, 0.717) is 28.4 Å². The number of fused-ring (bicyclic) bond motifs is 1. The average molecular weight is 561 g/mol. The van der Waals surface area contributed by atoms with E-state index in [9.17, 15) is 18.8 Å². The highest BCUT2D eigenvalue weighted by Gasteiger charge is 2.34. The number of carbonyl (C=O) groups excluding carboxylic acids is 3. The lowest BCUT2D eigenvalue weighted by Crippen LogP contribution is -2.51. The zero-order valence-electron chi connectivity index (χ0n) is 20.0. The number of hydrogen-bond donors (Lipinski definition) is 2. The van der Waals surface area contributed by atoms with E-state index < -0.39 is 23.7 Å². The first-order chi connectivity index (χ1) is 18.3. The van der Waals surface area contributed by atoms with Gasteiger partial charge in [0.2, 0.25) is 0 Å². The molecule has 0 saturated heterocycles. The number of benzene rings is 2. The van der Waals surface area contributed by atoms with Crippen LogP contribution in [0.1, 0.15) is 16.8 Å². The number of carbonyl (C=O) groups is 3. The van der Waals surface area contributed by atoms with Gasteiger partial charge in [0, 0.05) is 42.1 Å². The van der Waals surface area contributed by atoms with Crippen molar-refractivity contribution in [1.29, 1.82) is 0 Å². The van der Waals surface area contributed by atoms with E-state index in [1.54, 1.807) is 30.3 Å². The molecule has 0 fully saturated rings. The SMILES string of the molecule is O=C(COc1ccc(Cl)c(F)c1)NCCCNC(=O)C1CN(C(=O)c2ccncc2)c2cc(Cl)ccc2O1. The van der Waals surface area contributed by atoms with E-state index in [-0.39, 0.29) is 42.9 Å². The molecule has 1 aliphatic heterocycles. The van der Waals surface area contributed by atoms with Gasteiger partial charge in [-0.3, -0.25) is 19.4 Å². The Kier molecular flexibility index (Phi) is 8.98. The Balaban J connectivity index is 1.25. The van der Waals surface area contributed by atoms with Crippen LogP contribution in [0, 0.1) is 5.82 Å². The standard InChI is InChI=1S/C26H23Cl2FN4O5/c27-17-2-5-22-21(12-17)33(26(36)16-6-10-30-11-7-16)14-23(38-22)25(35)32-9-1-8-31-24(34)15-37-18-3-4-19(28)20(29)13-18/h2-7,10-13,23H,1,8-9,14-15H2,(H,31,34)(H,32,35). The molecule has 0 bridgehead atoms. The van der Waals surface area contributed by atoms with Crippen molar-refractivity contribution in [3.05, 3.63) is 82.4 Å². The summed E-state index contributed by atoms with van der Waals surface area (Å²) in [5.74, 6) is -1.22. The number of nitrogens with zero attached hydrogens (tertiary/aromatic N) is 2. The summed E-state index contributed by atoms with van der Waals surface area (Å²) in [6.45, 7) is 0.221. The second-order valence-electron chi connectivity index (χ2n) is 8.23. The Morgan fingerprint density at radius 1 is 1.05 bits per heavy atom. The second-order valence-corrected chi connectivity index (χ2v) is 9.07. The highest BCUT2D eigenvalue weighted by atomic mass is 35.5. The molecule has 198 valence electrons. The Hall–Kier alpha value is -3.89. The summed E-state index contributed by atoms with van der Waals surface area (Å²) in [7, 11) is 0. The first kappa shape index (κ1) is 27.2. The van der Waals surface area contributed by atoms with Crippen molar-refractivity contribution in [2.24, 2.45) is 0 Å². The maximum atomic E-state index is 13.4. The zero-order chi connectivity index (χ0) is 27.1. The predicted octanol–water partition coefficient (Wildman–Crippen LogP) is 3.64. The average Bonchev–Trinajstić information content (AvgIpc) is 2.93. The van der Waals surface area contributed by atoms with E-state index >= 15 is 0 Å². The zero-order valence-corrected chi connectivity index (χ0v) is 21.5. The molecule has 1 atom stereocenters. The van der Waals surface area contributed by atoms with Crippen molar-refractivity contribution in [3.63, 3.8) is 0 Å². The summed E-state index contributed by atoms with van der Waals surface area (Å²) in [4.78, 5) is 43.3. The quantitative estimate of drug-likeness (QED) is 0.387. The van der Waals surface area contributed by atoms with Gasteiger partial charge in [-0.2, -0.15) is 0 Å². The molecule has 1 aliphatic rings. The lowest BCUT2D eigenvalue weighted by atomic mass is 10.1. The van der Waals surface area contributed by atoms with Crippen molar-refractivity contribution in [1.82, 2.24) is 15.6 Å². The van der Waals surface area contributed by atoms with Gasteiger partial charge in [-0.25, -0.2) is 4.39 Å². The maximum Gasteiger partial charge on any atom is 0.262 e. The van der Waals surface area contributed by atoms with Crippen LogP contribution < -0.4 is 25.0 Å². The molecule has 1 unspecified atom stereocenters. The van der Waals surface area contributed by atoms with Crippen molar-refractivity contribution in [2.45, 2.75) is 12.5 Å². The summed E-state index contributed by atoms with van der Waals surface area (Å²) in [6.07, 6.45) is 2.52. The number of aromatic nitrogens is 1. The summed E-state index contributed by atoms with van der Waals surface area (Å²) >= 11 is 11.8. The molecule has 0 saturated carbocycles. The lowest BCUT2D eigenvalue weighted by Gasteiger charge is -2.34. The molecule has 2 aromatic carbocycles. The Morgan fingerprint density at radius 2 is 1.82 bits per heavy atom. The van der Waals surface area contributed by atoms with Gasteiger partial charge in [-0.15, -0.1) is 0 Å². The molecule has 1 aromatic heterocycles. The van der Waals surface area contributed by atoms with Crippen LogP contribution in [0.3, 0.4) is 0 Å². The molecular weight excluding hydrogens is 538 g/mol. The molecule has 2 N–H and O–H groups in total. The smallest absolute Gasteiger partial charge is 0.262 e. The number of hydrogen-bond acceptors (Lipinski definition) is 6. The van der Waals surface area contributed by atoms with Crippen LogP contribution in [-0.4, -0.2) is 55.1 Å². The molecule has 3 amide bonds. The molecule has 3 aromatic rings. The fourth-order valence-electron chi connectivity index (χ4n) is 3.64. The Bertz CT molecular complexity index is 1330. The Labute approximate surface area is 227 Å². The van der Waals surface area contributed by atoms with Crippen LogP contribution in [-0.2, 0) is 9.59 Å². The van der Waals surface area contributed by atoms with E-state index in [1.165, 1.54) is 29.4 Å². The maximum absolute atomic E-state index is 13.4. The minimum Gasteiger partial charge on any atom is -0.484 e. The third-order valence-corrected chi connectivity index (χ3v) is 6.07. The number of nitrogens with one attached hydrogen (secondary N) is 2. The second kappa shape index (κ2) is 12.6. The molecule has 4 rings (SSSR count). The summed E-state index contributed by atoms with van der Waals surface area (Å²) in [5, 5.41) is 5.80. The van der Waals surface area contributed by atoms with Gasteiger partial charge in [0.1, 0.15) is 17.3 Å². The molecule has 0 aliphatic carbocycles. The third kappa shape index (κ3) is 6.90. The van der Waals surface area contributed by atoms with Gasteiger partial charge in [0.05, 0.1) is 17.3 Å². The third-order valence-electron chi connectivity index (χ3n) is 5.53. The number of pyridine rings is 1. The van der Waals surface area contributed by atoms with E-state index in [1.807, 2.05) is 0 Å². The van der Waals surface area contributed by atoms with Crippen molar-refractivity contribution < 1.29 is 28.2 Å². The number of rotatable bonds is 9. The number of anilines is 1. The molecule has 0 radical (unpaired) electrons. The van der Waals surface area contributed by atoms with Gasteiger partial charge in [-0.1, -0.05) is 23.2 Å². The minimum atomic E-state index is -0.947. The van der Waals surface area contributed by atoms with E-state index in [0.717, 1.165) is 6.07 Å². The number of amides is 3. The first-order valence-corrected chi connectivity index (χ1v) is 12.4. The van der Waals surface area contributed by atoms with Crippen LogP contribution in [0.15, 0.2) is 60.9 Å². The monoisotopic (exact) mass is 560 g/mol. The van der Waals surface area contributed by atoms with Crippen molar-refractivity contribution in [3.8, 4) is 11.5 Å². The summed E-state index contributed by atoms with van der Waals surface area (Å²) in [5.41, 5.74) is 0.877. The van der Waals surface area contributed by atoms with Crippen LogP contribution in [0.4, 0.5) is 10.1 Å². The van der Waals surface area contributed by atoms with E-state index in [4.69, 9.17) is 32.7 Å². The van der Waals surface area contributed by atoms with Crippen molar-refractivity contribution in [2.75, 3.05) is 31.1 Å². The van der Waals surface area contributed by atoms with Gasteiger partial charge < -0.3 is 25.0 Å². The predicted molar refractivity (Wildman–Crippen MR) is 139 cm³/mol. The van der Waals surface area contributed by atoms with Gasteiger partial charge in [0.25, 0.3) is 17.7 Å². The lowest BCUT2D eigenvalue weighted by molar-refractivity contribution is -0.127. The van der Waals surface area contributed by atoms with Crippen LogP contribution in [0.2, 0.25) is 10.0 Å². The molecule has 38 heavy (non-hydrogen) atoms. The van der Waals surface area contributed by atoms with E-state index in [2.05, 4.69) is 15.6 Å². The molecular formula is C26H23Cl2FN4O5. The van der Waals surface area contributed by atoms with Crippen LogP contribution >= 0.6 is 23.2 Å². The highest BCUT2D eigenvalue weighted by Crippen LogP contribution is 2.36.